The van der Waals surface area contributed by atoms with Gasteiger partial charge < -0.3 is 5.11 Å². The zero-order chi connectivity index (χ0) is 10.8. The molecule has 1 aromatic carbocycles. The Bertz CT molecular complexity index is 303. The minimum atomic E-state index is -1.000. The molecule has 1 aromatic rings. The first-order chi connectivity index (χ1) is 6.45. The predicted molar refractivity (Wildman–Crippen MR) is 55.9 cm³/mol. The van der Waals surface area contributed by atoms with Gasteiger partial charge in [0.05, 0.1) is 5.60 Å². The quantitative estimate of drug-likeness (QED) is 0.820. The number of hydrogen-bond donors (Lipinski definition) is 1. The predicted octanol–water partition coefficient (Wildman–Crippen LogP) is 3.49. The summed E-state index contributed by atoms with van der Waals surface area (Å²) < 4.78 is 13.0. The Kier molecular flexibility index (Phi) is 3.51. The fraction of sp³-hybridized carbons (Fsp3) is 0.455. The van der Waals surface area contributed by atoms with Gasteiger partial charge in [-0.3, -0.25) is 0 Å². The molecule has 3 heteroatoms. The standard InChI is InChI=1S/C11H14ClFO/c1-3-4-11(2,14)8-5-9(12)7-10(13)6-8/h5-7,14H,3-4H2,1-2H3. The third-order valence-corrected chi connectivity index (χ3v) is 2.44. The largest absolute Gasteiger partial charge is 0.385 e. The molecule has 0 amide bonds. The second-order valence-corrected chi connectivity index (χ2v) is 4.12. The molecule has 0 saturated heterocycles. The second kappa shape index (κ2) is 4.28. The number of hydrogen-bond acceptors (Lipinski definition) is 1. The molecule has 0 aliphatic carbocycles. The fourth-order valence-electron chi connectivity index (χ4n) is 1.50. The van der Waals surface area contributed by atoms with E-state index in [-0.39, 0.29) is 0 Å². The molecule has 1 N–H and O–H groups in total. The minimum Gasteiger partial charge on any atom is -0.385 e. The molecule has 1 atom stereocenters. The van der Waals surface area contributed by atoms with Crippen LogP contribution < -0.4 is 0 Å². The molecule has 0 saturated carbocycles. The van der Waals surface area contributed by atoms with Gasteiger partial charge in [-0.25, -0.2) is 4.39 Å². The normalized spacial score (nSPS) is 15.2. The first kappa shape index (κ1) is 11.5. The van der Waals surface area contributed by atoms with Crippen LogP contribution in [0.15, 0.2) is 18.2 Å². The summed E-state index contributed by atoms with van der Waals surface area (Å²) in [5.41, 5.74) is -0.468. The van der Waals surface area contributed by atoms with E-state index in [2.05, 4.69) is 0 Å². The van der Waals surface area contributed by atoms with Gasteiger partial charge in [0.1, 0.15) is 5.82 Å². The van der Waals surface area contributed by atoms with Crippen molar-refractivity contribution in [2.24, 2.45) is 0 Å². The van der Waals surface area contributed by atoms with Crippen molar-refractivity contribution in [1.82, 2.24) is 0 Å². The van der Waals surface area contributed by atoms with Crippen LogP contribution >= 0.6 is 11.6 Å². The van der Waals surface area contributed by atoms with Crippen LogP contribution in [0.3, 0.4) is 0 Å². The highest BCUT2D eigenvalue weighted by Gasteiger charge is 2.22. The monoisotopic (exact) mass is 216 g/mol. The van der Waals surface area contributed by atoms with Crippen LogP contribution in [-0.2, 0) is 5.60 Å². The third kappa shape index (κ3) is 2.69. The number of benzene rings is 1. The average Bonchev–Trinajstić information content (AvgIpc) is 2.02. The molecular formula is C11H14ClFO. The SMILES string of the molecule is CCCC(C)(O)c1cc(F)cc(Cl)c1. The number of rotatable bonds is 3. The van der Waals surface area contributed by atoms with Crippen molar-refractivity contribution in [3.05, 3.63) is 34.6 Å². The smallest absolute Gasteiger partial charge is 0.125 e. The molecule has 0 aliphatic rings. The third-order valence-electron chi connectivity index (χ3n) is 2.22. The van der Waals surface area contributed by atoms with Crippen LogP contribution in [0.5, 0.6) is 0 Å². The molecule has 0 heterocycles. The highest BCUT2D eigenvalue weighted by molar-refractivity contribution is 6.30. The van der Waals surface area contributed by atoms with E-state index in [1.807, 2.05) is 6.92 Å². The van der Waals surface area contributed by atoms with Crippen LogP contribution in [0.2, 0.25) is 5.02 Å². The van der Waals surface area contributed by atoms with Crippen LogP contribution in [0.1, 0.15) is 32.3 Å². The summed E-state index contributed by atoms with van der Waals surface area (Å²) in [5, 5.41) is 10.3. The average molecular weight is 217 g/mol. The lowest BCUT2D eigenvalue weighted by molar-refractivity contribution is 0.0466. The molecule has 1 unspecified atom stereocenters. The Labute approximate surface area is 88.5 Å². The molecule has 0 radical (unpaired) electrons. The summed E-state index contributed by atoms with van der Waals surface area (Å²) >= 11 is 5.71. The molecular weight excluding hydrogens is 203 g/mol. The van der Waals surface area contributed by atoms with E-state index in [4.69, 9.17) is 11.6 Å². The van der Waals surface area contributed by atoms with E-state index in [0.29, 0.717) is 17.0 Å². The van der Waals surface area contributed by atoms with E-state index in [1.165, 1.54) is 12.1 Å². The maximum absolute atomic E-state index is 13.0. The van der Waals surface area contributed by atoms with Crippen LogP contribution in [0.4, 0.5) is 4.39 Å². The lowest BCUT2D eigenvalue weighted by Crippen LogP contribution is -2.20. The van der Waals surface area contributed by atoms with Crippen molar-refractivity contribution in [2.45, 2.75) is 32.3 Å². The van der Waals surface area contributed by atoms with Gasteiger partial charge in [-0.05, 0) is 37.1 Å². The molecule has 0 aliphatic heterocycles. The van der Waals surface area contributed by atoms with Gasteiger partial charge in [0.2, 0.25) is 0 Å². The zero-order valence-electron chi connectivity index (χ0n) is 8.35. The zero-order valence-corrected chi connectivity index (χ0v) is 9.11. The van der Waals surface area contributed by atoms with Crippen molar-refractivity contribution in [3.8, 4) is 0 Å². The van der Waals surface area contributed by atoms with Crippen molar-refractivity contribution in [3.63, 3.8) is 0 Å². The van der Waals surface area contributed by atoms with E-state index in [1.54, 1.807) is 13.0 Å². The molecule has 1 rings (SSSR count). The minimum absolute atomic E-state index is 0.316. The molecule has 0 bridgehead atoms. The van der Waals surface area contributed by atoms with Gasteiger partial charge in [0, 0.05) is 5.02 Å². The Balaban J connectivity index is 3.05. The van der Waals surface area contributed by atoms with Gasteiger partial charge in [0.15, 0.2) is 0 Å². The molecule has 0 fully saturated rings. The lowest BCUT2D eigenvalue weighted by Gasteiger charge is -2.23. The topological polar surface area (TPSA) is 20.2 Å². The van der Waals surface area contributed by atoms with Crippen molar-refractivity contribution in [2.75, 3.05) is 0 Å². The lowest BCUT2D eigenvalue weighted by atomic mass is 9.91. The van der Waals surface area contributed by atoms with Gasteiger partial charge >= 0.3 is 0 Å². The van der Waals surface area contributed by atoms with Crippen molar-refractivity contribution >= 4 is 11.6 Å². The molecule has 1 nitrogen and oxygen atoms in total. The van der Waals surface area contributed by atoms with E-state index in [9.17, 15) is 9.50 Å². The highest BCUT2D eigenvalue weighted by Crippen LogP contribution is 2.28. The van der Waals surface area contributed by atoms with Crippen LogP contribution in [0.25, 0.3) is 0 Å². The highest BCUT2D eigenvalue weighted by atomic mass is 35.5. The first-order valence-corrected chi connectivity index (χ1v) is 5.02. The maximum Gasteiger partial charge on any atom is 0.125 e. The van der Waals surface area contributed by atoms with Gasteiger partial charge in [-0.2, -0.15) is 0 Å². The van der Waals surface area contributed by atoms with Crippen molar-refractivity contribution < 1.29 is 9.50 Å². The number of aliphatic hydroxyl groups is 1. The summed E-state index contributed by atoms with van der Waals surface area (Å²) in [6.07, 6.45) is 1.42. The Morgan fingerprint density at radius 3 is 2.57 bits per heavy atom. The van der Waals surface area contributed by atoms with Crippen LogP contribution in [-0.4, -0.2) is 5.11 Å². The summed E-state index contributed by atoms with van der Waals surface area (Å²) in [5.74, 6) is -0.413. The second-order valence-electron chi connectivity index (χ2n) is 3.68. The molecule has 78 valence electrons. The summed E-state index contributed by atoms with van der Waals surface area (Å²) in [6, 6.07) is 4.15. The fourth-order valence-corrected chi connectivity index (χ4v) is 1.72. The number of halogens is 2. The van der Waals surface area contributed by atoms with E-state index in [0.717, 1.165) is 6.42 Å². The van der Waals surface area contributed by atoms with Crippen LogP contribution in [0, 0.1) is 5.82 Å². The Hall–Kier alpha value is -0.600. The summed E-state index contributed by atoms with van der Waals surface area (Å²) in [7, 11) is 0. The Morgan fingerprint density at radius 2 is 2.07 bits per heavy atom. The molecule has 0 spiro atoms. The van der Waals surface area contributed by atoms with E-state index >= 15 is 0 Å². The molecule has 14 heavy (non-hydrogen) atoms. The molecule has 0 aromatic heterocycles. The first-order valence-electron chi connectivity index (χ1n) is 4.64. The van der Waals surface area contributed by atoms with Crippen molar-refractivity contribution in [1.29, 1.82) is 0 Å². The summed E-state index contributed by atoms with van der Waals surface area (Å²) in [4.78, 5) is 0. The van der Waals surface area contributed by atoms with Gasteiger partial charge in [0.25, 0.3) is 0 Å². The van der Waals surface area contributed by atoms with E-state index < -0.39 is 11.4 Å². The Morgan fingerprint density at radius 1 is 1.43 bits per heavy atom. The maximum atomic E-state index is 13.0. The van der Waals surface area contributed by atoms with Gasteiger partial charge in [-0.15, -0.1) is 0 Å². The summed E-state index contributed by atoms with van der Waals surface area (Å²) in [6.45, 7) is 3.64. The van der Waals surface area contributed by atoms with Gasteiger partial charge in [-0.1, -0.05) is 24.9 Å².